The van der Waals surface area contributed by atoms with Gasteiger partial charge >= 0.3 is 0 Å². The Bertz CT molecular complexity index is 1030. The predicted octanol–water partition coefficient (Wildman–Crippen LogP) is 2.28. The summed E-state index contributed by atoms with van der Waals surface area (Å²) >= 11 is 0. The van der Waals surface area contributed by atoms with E-state index in [9.17, 15) is 4.79 Å². The smallest absolute Gasteiger partial charge is 0.225 e. The quantitative estimate of drug-likeness (QED) is 0.708. The van der Waals surface area contributed by atoms with Crippen LogP contribution in [0.2, 0.25) is 0 Å². The highest BCUT2D eigenvalue weighted by Gasteiger charge is 2.31. The summed E-state index contributed by atoms with van der Waals surface area (Å²) in [6, 6.07) is 0.194. The lowest BCUT2D eigenvalue weighted by Crippen LogP contribution is -2.29. The van der Waals surface area contributed by atoms with Gasteiger partial charge < -0.3 is 14.8 Å². The Labute approximate surface area is 169 Å². The molecule has 29 heavy (non-hydrogen) atoms. The number of aromatic nitrogens is 6. The molecule has 0 saturated heterocycles. The Morgan fingerprint density at radius 1 is 1.21 bits per heavy atom. The number of anilines is 1. The number of carbonyl (C=O) groups excluding carboxylic acids is 1. The van der Waals surface area contributed by atoms with Crippen molar-refractivity contribution in [1.29, 1.82) is 0 Å². The fraction of sp³-hybridized carbons (Fsp3) is 0.500. The summed E-state index contributed by atoms with van der Waals surface area (Å²) in [5.74, 6) is 2.46. The molecule has 3 aromatic heterocycles. The fourth-order valence-electron chi connectivity index (χ4n) is 3.97. The molecule has 1 fully saturated rings. The number of hydrogen-bond donors (Lipinski definition) is 1. The average Bonchev–Trinajstić information content (AvgIpc) is 3.33. The van der Waals surface area contributed by atoms with Gasteiger partial charge in [-0.25, -0.2) is 24.9 Å². The largest absolute Gasteiger partial charge is 0.365 e. The van der Waals surface area contributed by atoms with Gasteiger partial charge in [0.05, 0.1) is 5.56 Å². The highest BCUT2D eigenvalue weighted by atomic mass is 16.2. The minimum Gasteiger partial charge on any atom is -0.365 e. The van der Waals surface area contributed by atoms with Crippen LogP contribution in [0.1, 0.15) is 32.0 Å². The van der Waals surface area contributed by atoms with E-state index in [2.05, 4.69) is 32.2 Å². The maximum absolute atomic E-state index is 12.3. The van der Waals surface area contributed by atoms with Gasteiger partial charge in [-0.05, 0) is 33.1 Å². The zero-order valence-electron chi connectivity index (χ0n) is 17.3. The molecule has 1 aliphatic carbocycles. The highest BCUT2D eigenvalue weighted by Crippen LogP contribution is 2.31. The Balaban J connectivity index is 1.64. The minimum atomic E-state index is 0.0632. The first-order chi connectivity index (χ1) is 14.0. The molecule has 3 heterocycles. The Hall–Kier alpha value is -3.10. The second-order valence-corrected chi connectivity index (χ2v) is 7.68. The summed E-state index contributed by atoms with van der Waals surface area (Å²) in [5, 5.41) is 3.50. The Morgan fingerprint density at radius 2 is 1.97 bits per heavy atom. The molecular weight excluding hydrogens is 368 g/mol. The van der Waals surface area contributed by atoms with E-state index >= 15 is 0 Å². The summed E-state index contributed by atoms with van der Waals surface area (Å²) in [5.41, 5.74) is 2.35. The summed E-state index contributed by atoms with van der Waals surface area (Å²) in [6.45, 7) is 4.64. The van der Waals surface area contributed by atoms with Crippen LogP contribution < -0.4 is 5.32 Å². The van der Waals surface area contributed by atoms with Crippen molar-refractivity contribution >= 4 is 22.9 Å². The summed E-state index contributed by atoms with van der Waals surface area (Å²) < 4.78 is 2.04. The number of nitrogens with one attached hydrogen (secondary N) is 1. The first kappa shape index (κ1) is 19.2. The molecule has 0 unspecified atom stereocenters. The molecule has 2 atom stereocenters. The second kappa shape index (κ2) is 7.73. The topological polar surface area (TPSA) is 102 Å². The van der Waals surface area contributed by atoms with E-state index in [4.69, 9.17) is 4.98 Å². The molecule has 0 aromatic carbocycles. The zero-order chi connectivity index (χ0) is 20.5. The lowest BCUT2D eigenvalue weighted by atomic mass is 10.1. The molecule has 9 heteroatoms. The third-order valence-corrected chi connectivity index (χ3v) is 5.45. The molecule has 0 aliphatic heterocycles. The van der Waals surface area contributed by atoms with Crippen LogP contribution in [-0.2, 0) is 11.3 Å². The van der Waals surface area contributed by atoms with Gasteiger partial charge in [-0.2, -0.15) is 0 Å². The van der Waals surface area contributed by atoms with Crippen molar-refractivity contribution in [3.05, 3.63) is 24.5 Å². The third-order valence-electron chi connectivity index (χ3n) is 5.45. The maximum atomic E-state index is 12.3. The predicted molar refractivity (Wildman–Crippen MR) is 110 cm³/mol. The van der Waals surface area contributed by atoms with Gasteiger partial charge in [-0.1, -0.05) is 0 Å². The molecule has 152 valence electrons. The summed E-state index contributed by atoms with van der Waals surface area (Å²) in [4.78, 5) is 36.3. The van der Waals surface area contributed by atoms with Gasteiger partial charge in [-0.15, -0.1) is 0 Å². The second-order valence-electron chi connectivity index (χ2n) is 7.68. The molecule has 9 nitrogen and oxygen atoms in total. The van der Waals surface area contributed by atoms with Crippen molar-refractivity contribution in [3.63, 3.8) is 0 Å². The van der Waals surface area contributed by atoms with Crippen molar-refractivity contribution in [2.45, 2.75) is 45.7 Å². The number of rotatable bonds is 5. The van der Waals surface area contributed by atoms with Crippen LogP contribution >= 0.6 is 0 Å². The van der Waals surface area contributed by atoms with E-state index in [1.54, 1.807) is 23.6 Å². The van der Waals surface area contributed by atoms with Crippen molar-refractivity contribution in [2.24, 2.45) is 5.92 Å². The normalized spacial score (nSPS) is 18.9. The van der Waals surface area contributed by atoms with Crippen LogP contribution in [0.15, 0.2) is 18.7 Å². The van der Waals surface area contributed by atoms with Crippen LogP contribution in [0.4, 0.5) is 5.82 Å². The molecule has 1 amide bonds. The van der Waals surface area contributed by atoms with Crippen LogP contribution in [0.3, 0.4) is 0 Å². The van der Waals surface area contributed by atoms with E-state index in [-0.39, 0.29) is 17.9 Å². The highest BCUT2D eigenvalue weighted by molar-refractivity contribution is 5.86. The molecule has 1 saturated carbocycles. The van der Waals surface area contributed by atoms with Crippen LogP contribution in [0.25, 0.3) is 22.6 Å². The molecule has 0 spiro atoms. The van der Waals surface area contributed by atoms with E-state index in [1.807, 2.05) is 25.6 Å². The van der Waals surface area contributed by atoms with E-state index in [0.717, 1.165) is 54.2 Å². The molecule has 0 radical (unpaired) electrons. The fourth-order valence-corrected chi connectivity index (χ4v) is 3.97. The van der Waals surface area contributed by atoms with Crippen molar-refractivity contribution < 1.29 is 4.79 Å². The molecular formula is C20H26N8O. The zero-order valence-corrected chi connectivity index (χ0v) is 17.3. The number of nitrogens with zero attached hydrogens (tertiary/aromatic N) is 7. The SMILES string of the molecule is CCn1c(-c2cnc(C)nc2)nc2c(N[C@H]3CC[C@@H](C(=O)N(C)C)C3)ncnc21. The third kappa shape index (κ3) is 3.64. The molecule has 4 rings (SSSR count). The maximum Gasteiger partial charge on any atom is 0.225 e. The van der Waals surface area contributed by atoms with Gasteiger partial charge in [0.25, 0.3) is 0 Å². The average molecular weight is 394 g/mol. The standard InChI is InChI=1S/C20H26N8O/c1-5-28-18(14-9-21-12(2)22-10-14)26-16-17(23-11-24-19(16)28)25-15-7-6-13(8-15)20(29)27(3)4/h9-11,13,15H,5-8H2,1-4H3,(H,23,24,25)/t13-,15+/m1/s1. The lowest BCUT2D eigenvalue weighted by molar-refractivity contribution is -0.132. The van der Waals surface area contributed by atoms with E-state index in [1.165, 1.54) is 0 Å². The first-order valence-electron chi connectivity index (χ1n) is 9.95. The number of imidazole rings is 1. The van der Waals surface area contributed by atoms with Gasteiger partial charge in [-0.3, -0.25) is 4.79 Å². The Kier molecular flexibility index (Phi) is 5.12. The number of amides is 1. The van der Waals surface area contributed by atoms with Crippen molar-refractivity contribution in [2.75, 3.05) is 19.4 Å². The monoisotopic (exact) mass is 394 g/mol. The van der Waals surface area contributed by atoms with Gasteiger partial charge in [0.1, 0.15) is 18.0 Å². The first-order valence-corrected chi connectivity index (χ1v) is 9.95. The Morgan fingerprint density at radius 3 is 2.66 bits per heavy atom. The number of carbonyl (C=O) groups is 1. The summed E-state index contributed by atoms with van der Waals surface area (Å²) in [7, 11) is 3.62. The van der Waals surface area contributed by atoms with Gasteiger partial charge in [0.15, 0.2) is 17.0 Å². The molecule has 3 aromatic rings. The van der Waals surface area contributed by atoms with E-state index in [0.29, 0.717) is 5.82 Å². The summed E-state index contributed by atoms with van der Waals surface area (Å²) in [6.07, 6.45) is 7.75. The molecule has 1 aliphatic rings. The van der Waals surface area contributed by atoms with Crippen LogP contribution in [0.5, 0.6) is 0 Å². The molecule has 1 N–H and O–H groups in total. The minimum absolute atomic E-state index is 0.0632. The van der Waals surface area contributed by atoms with Crippen molar-refractivity contribution in [1.82, 2.24) is 34.4 Å². The lowest BCUT2D eigenvalue weighted by Gasteiger charge is -2.17. The van der Waals surface area contributed by atoms with Crippen LogP contribution in [0, 0.1) is 12.8 Å². The number of hydrogen-bond acceptors (Lipinski definition) is 7. The number of fused-ring (bicyclic) bond motifs is 1. The van der Waals surface area contributed by atoms with Crippen LogP contribution in [-0.4, -0.2) is 60.4 Å². The molecule has 0 bridgehead atoms. The van der Waals surface area contributed by atoms with E-state index < -0.39 is 0 Å². The number of aryl methyl sites for hydroxylation is 2. The van der Waals surface area contributed by atoms with Crippen molar-refractivity contribution in [3.8, 4) is 11.4 Å². The van der Waals surface area contributed by atoms with Gasteiger partial charge in [0, 0.05) is 45.0 Å². The van der Waals surface area contributed by atoms with Gasteiger partial charge in [0.2, 0.25) is 5.91 Å².